The summed E-state index contributed by atoms with van der Waals surface area (Å²) in [4.78, 5) is 21.7. The maximum Gasteiger partial charge on any atom is 0.184 e. The fourth-order valence-electron chi connectivity index (χ4n) is 4.54. The molecule has 5 rings (SSSR count). The van der Waals surface area contributed by atoms with E-state index in [1.165, 1.54) is 37.7 Å². The molecule has 0 amide bonds. The van der Waals surface area contributed by atoms with Crippen LogP contribution in [0.3, 0.4) is 0 Å². The van der Waals surface area contributed by atoms with Crippen molar-refractivity contribution in [2.45, 2.75) is 57.4 Å². The van der Waals surface area contributed by atoms with Crippen LogP contribution in [-0.4, -0.2) is 25.5 Å². The van der Waals surface area contributed by atoms with E-state index < -0.39 is 0 Å². The molecular weight excluding hydrogens is 324 g/mol. The van der Waals surface area contributed by atoms with Crippen LogP contribution in [0.25, 0.3) is 11.0 Å². The topological polar surface area (TPSA) is 60.7 Å². The van der Waals surface area contributed by atoms with Crippen LogP contribution in [0.2, 0.25) is 0 Å². The predicted molar refractivity (Wildman–Crippen MR) is 99.2 cm³/mol. The van der Waals surface area contributed by atoms with Gasteiger partial charge in [-0.2, -0.15) is 5.10 Å². The highest BCUT2D eigenvalue weighted by molar-refractivity contribution is 5.98. The van der Waals surface area contributed by atoms with E-state index in [0.29, 0.717) is 18.1 Å². The second-order valence-electron chi connectivity index (χ2n) is 7.68. The first-order valence-electron chi connectivity index (χ1n) is 9.52. The Balaban J connectivity index is 1.62. The van der Waals surface area contributed by atoms with Gasteiger partial charge in [-0.15, -0.1) is 0 Å². The van der Waals surface area contributed by atoms with E-state index >= 15 is 0 Å². The van der Waals surface area contributed by atoms with Crippen molar-refractivity contribution in [1.82, 2.24) is 19.7 Å². The van der Waals surface area contributed by atoms with Crippen molar-refractivity contribution in [1.29, 1.82) is 0 Å². The Bertz CT molecular complexity index is 1000. The summed E-state index contributed by atoms with van der Waals surface area (Å²) in [7, 11) is 0. The molecule has 0 N–H and O–H groups in total. The third-order valence-electron chi connectivity index (χ3n) is 5.89. The van der Waals surface area contributed by atoms with Crippen LogP contribution in [0.4, 0.5) is 0 Å². The molecule has 2 aliphatic rings. The zero-order chi connectivity index (χ0) is 17.7. The lowest BCUT2D eigenvalue weighted by Crippen LogP contribution is -2.13. The summed E-state index contributed by atoms with van der Waals surface area (Å²) in [6.45, 7) is 2.07. The van der Waals surface area contributed by atoms with Gasteiger partial charge in [-0.3, -0.25) is 9.48 Å². The van der Waals surface area contributed by atoms with Crippen molar-refractivity contribution in [3.8, 4) is 0 Å². The highest BCUT2D eigenvalue weighted by atomic mass is 16.1. The molecule has 2 heterocycles. The van der Waals surface area contributed by atoms with Gasteiger partial charge in [-0.1, -0.05) is 43.0 Å². The minimum Gasteiger partial charge on any atom is -0.298 e. The average Bonchev–Trinajstić information content (AvgIpc) is 3.23. The summed E-state index contributed by atoms with van der Waals surface area (Å²) < 4.78 is 2.07. The van der Waals surface area contributed by atoms with Gasteiger partial charge in [-0.05, 0) is 30.9 Å². The van der Waals surface area contributed by atoms with E-state index in [1.54, 1.807) is 6.33 Å². The quantitative estimate of drug-likeness (QED) is 0.706. The molecule has 1 fully saturated rings. The van der Waals surface area contributed by atoms with Gasteiger partial charge in [0.2, 0.25) is 0 Å². The molecule has 0 saturated heterocycles. The summed E-state index contributed by atoms with van der Waals surface area (Å²) >= 11 is 0. The Hall–Kier alpha value is -2.56. The van der Waals surface area contributed by atoms with Gasteiger partial charge in [0.1, 0.15) is 6.33 Å². The van der Waals surface area contributed by atoms with Crippen molar-refractivity contribution >= 4 is 16.8 Å². The Kier molecular flexibility index (Phi) is 3.62. The van der Waals surface area contributed by atoms with Crippen LogP contribution in [-0.2, 0) is 11.2 Å². The maximum atomic E-state index is 12.8. The number of hydrogen-bond acceptors (Lipinski definition) is 4. The lowest BCUT2D eigenvalue weighted by atomic mass is 9.94. The van der Waals surface area contributed by atoms with Crippen molar-refractivity contribution in [3.63, 3.8) is 0 Å². The first kappa shape index (κ1) is 15.7. The molecule has 5 nitrogen and oxygen atoms in total. The van der Waals surface area contributed by atoms with Gasteiger partial charge in [-0.25, -0.2) is 9.97 Å². The predicted octanol–water partition coefficient (Wildman–Crippen LogP) is 3.90. The molecule has 1 atom stereocenters. The van der Waals surface area contributed by atoms with E-state index in [-0.39, 0.29) is 11.7 Å². The lowest BCUT2D eigenvalue weighted by molar-refractivity contribution is -0.118. The lowest BCUT2D eigenvalue weighted by Gasteiger charge is -2.21. The zero-order valence-corrected chi connectivity index (χ0v) is 15.0. The normalized spacial score (nSPS) is 20.7. The summed E-state index contributed by atoms with van der Waals surface area (Å²) in [5.74, 6) is -0.0737. The molecule has 1 aromatic carbocycles. The number of carbonyl (C=O) groups excluding carboxylic acids is 1. The van der Waals surface area contributed by atoms with E-state index in [4.69, 9.17) is 5.10 Å². The van der Waals surface area contributed by atoms with Gasteiger partial charge < -0.3 is 0 Å². The van der Waals surface area contributed by atoms with Crippen molar-refractivity contribution in [2.75, 3.05) is 0 Å². The Labute approximate surface area is 152 Å². The van der Waals surface area contributed by atoms with Gasteiger partial charge >= 0.3 is 0 Å². The molecule has 3 aromatic rings. The molecule has 2 aromatic heterocycles. The second-order valence-corrected chi connectivity index (χ2v) is 7.68. The zero-order valence-electron chi connectivity index (χ0n) is 15.0. The van der Waals surface area contributed by atoms with Crippen molar-refractivity contribution in [2.24, 2.45) is 0 Å². The summed E-state index contributed by atoms with van der Waals surface area (Å²) in [6, 6.07) is 6.72. The van der Waals surface area contributed by atoms with E-state index in [0.717, 1.165) is 22.2 Å². The number of aryl methyl sites for hydroxylation is 1. The highest BCUT2D eigenvalue weighted by Gasteiger charge is 2.34. The minimum atomic E-state index is -0.292. The van der Waals surface area contributed by atoms with Gasteiger partial charge in [0.25, 0.3) is 0 Å². The largest absolute Gasteiger partial charge is 0.298 e. The van der Waals surface area contributed by atoms with E-state index in [1.807, 2.05) is 0 Å². The summed E-state index contributed by atoms with van der Waals surface area (Å²) in [5.41, 5.74) is 4.91. The molecule has 1 saturated carbocycles. The Morgan fingerprint density at radius 2 is 1.96 bits per heavy atom. The number of benzene rings is 1. The summed E-state index contributed by atoms with van der Waals surface area (Å²) in [6.07, 6.45) is 10.3. The smallest absolute Gasteiger partial charge is 0.184 e. The molecule has 0 spiro atoms. The number of rotatable bonds is 2. The molecule has 1 unspecified atom stereocenters. The van der Waals surface area contributed by atoms with Gasteiger partial charge in [0.05, 0.1) is 23.0 Å². The van der Waals surface area contributed by atoms with Crippen LogP contribution in [0.5, 0.6) is 0 Å². The molecular formula is C21H22N4O. The van der Waals surface area contributed by atoms with Crippen LogP contribution in [0.1, 0.15) is 66.4 Å². The summed E-state index contributed by atoms with van der Waals surface area (Å²) in [5, 5.41) is 5.64. The van der Waals surface area contributed by atoms with E-state index in [9.17, 15) is 4.79 Å². The standard InChI is InChI=1S/C21H22N4O/c1-13-7-8-14-10-18(26)19(16(14)9-13)20-17-11-25(15-5-3-2-4-6-15)24-21(17)23-12-22-20/h7-9,11-12,15,19H,2-6,10H2,1H3. The fourth-order valence-corrected chi connectivity index (χ4v) is 4.54. The molecule has 26 heavy (non-hydrogen) atoms. The number of ketones is 1. The minimum absolute atomic E-state index is 0.219. The molecule has 0 radical (unpaired) electrons. The second kappa shape index (κ2) is 6.01. The van der Waals surface area contributed by atoms with Crippen LogP contribution < -0.4 is 0 Å². The number of Topliss-reactive ketones (excluding diaryl/α,β-unsaturated/α-hetero) is 1. The number of carbonyl (C=O) groups is 1. The van der Waals surface area contributed by atoms with Crippen LogP contribution in [0, 0.1) is 6.92 Å². The SMILES string of the molecule is Cc1ccc2c(c1)C(c1ncnc3nn(C4CCCCC4)cc13)C(=O)C2. The first-order valence-corrected chi connectivity index (χ1v) is 9.52. The highest BCUT2D eigenvalue weighted by Crippen LogP contribution is 2.38. The Morgan fingerprint density at radius 1 is 1.12 bits per heavy atom. The first-order chi connectivity index (χ1) is 12.7. The van der Waals surface area contributed by atoms with Gasteiger partial charge in [0.15, 0.2) is 11.4 Å². The number of nitrogens with zero attached hydrogens (tertiary/aromatic N) is 4. The number of hydrogen-bond donors (Lipinski definition) is 0. The van der Waals surface area contributed by atoms with E-state index in [2.05, 4.69) is 46.0 Å². The molecule has 132 valence electrons. The van der Waals surface area contributed by atoms with Crippen molar-refractivity contribution < 1.29 is 4.79 Å². The molecule has 0 aliphatic heterocycles. The molecule has 5 heteroatoms. The molecule has 2 aliphatic carbocycles. The average molecular weight is 346 g/mol. The van der Waals surface area contributed by atoms with Crippen molar-refractivity contribution in [3.05, 3.63) is 53.1 Å². The maximum absolute atomic E-state index is 12.8. The molecule has 0 bridgehead atoms. The third kappa shape index (κ3) is 2.45. The third-order valence-corrected chi connectivity index (χ3v) is 5.89. The fraction of sp³-hybridized carbons (Fsp3) is 0.429. The van der Waals surface area contributed by atoms with Crippen LogP contribution >= 0.6 is 0 Å². The number of fused-ring (bicyclic) bond motifs is 2. The monoisotopic (exact) mass is 346 g/mol. The number of aromatic nitrogens is 4. The van der Waals surface area contributed by atoms with Gasteiger partial charge in [0, 0.05) is 12.6 Å². The van der Waals surface area contributed by atoms with Crippen LogP contribution in [0.15, 0.2) is 30.7 Å². The Morgan fingerprint density at radius 3 is 2.81 bits per heavy atom.